The Bertz CT molecular complexity index is 309. The summed E-state index contributed by atoms with van der Waals surface area (Å²) in [5.41, 5.74) is 5.82. The van der Waals surface area contributed by atoms with Crippen LogP contribution in [0, 0.1) is 0 Å². The molecule has 0 amide bonds. The molecule has 1 aromatic rings. The molecular formula is C6H7AsNNaO4. The number of benzene rings is 1. The van der Waals surface area contributed by atoms with Crippen molar-refractivity contribution < 1.29 is 45.2 Å². The Labute approximate surface area is 101 Å². The Morgan fingerprint density at radius 1 is 1.38 bits per heavy atom. The third-order valence-electron chi connectivity index (χ3n) is 1.10. The third kappa shape index (κ3) is 5.41. The van der Waals surface area contributed by atoms with Gasteiger partial charge in [-0.05, 0) is 0 Å². The fourth-order valence-corrected chi connectivity index (χ4v) is 1.48. The summed E-state index contributed by atoms with van der Waals surface area (Å²) in [5, 5.41) is 0. The van der Waals surface area contributed by atoms with Crippen molar-refractivity contribution in [3.63, 3.8) is 0 Å². The molecule has 3 N–H and O–H groups in total. The smallest absolute Gasteiger partial charge is 1.00 e. The van der Waals surface area contributed by atoms with Gasteiger partial charge in [-0.15, -0.1) is 0 Å². The summed E-state index contributed by atoms with van der Waals surface area (Å²) in [7, 11) is 0. The molecule has 13 heavy (non-hydrogen) atoms. The second kappa shape index (κ2) is 5.10. The first kappa shape index (κ1) is 13.1. The van der Waals surface area contributed by atoms with Crippen LogP contribution in [0.1, 0.15) is 0 Å². The van der Waals surface area contributed by atoms with Crippen LogP contribution in [0.25, 0.3) is 0 Å². The predicted molar refractivity (Wildman–Crippen MR) is 40.1 cm³/mol. The van der Waals surface area contributed by atoms with Crippen molar-refractivity contribution in [2.75, 3.05) is 5.73 Å². The number of hydrogen-bond donors (Lipinski definition) is 2. The van der Waals surface area contributed by atoms with Crippen molar-refractivity contribution in [3.8, 4) is 5.75 Å². The first-order chi connectivity index (χ1) is 5.47. The standard InChI is InChI=1S/C6H8AsNO4.Na/c8-5-1-3-6(4-2-5)12-7(9,10)11;/h1-4H,8H2,(H2,9,10,11);/q;+1/p-1. The zero-order valence-corrected chi connectivity index (χ0v) is 10.9. The van der Waals surface area contributed by atoms with E-state index in [9.17, 15) is 7.84 Å². The van der Waals surface area contributed by atoms with Gasteiger partial charge in [0.25, 0.3) is 0 Å². The van der Waals surface area contributed by atoms with E-state index in [0.717, 1.165) is 0 Å². The fraction of sp³-hybridized carbons (Fsp3) is 0. The van der Waals surface area contributed by atoms with Crippen LogP contribution in [0.5, 0.6) is 5.75 Å². The van der Waals surface area contributed by atoms with Crippen molar-refractivity contribution in [2.24, 2.45) is 0 Å². The molecule has 0 spiro atoms. The van der Waals surface area contributed by atoms with E-state index < -0.39 is 14.5 Å². The molecule has 0 radical (unpaired) electrons. The minimum Gasteiger partial charge on any atom is 1.00 e. The fourth-order valence-electron chi connectivity index (χ4n) is 0.662. The van der Waals surface area contributed by atoms with E-state index in [0.29, 0.717) is 5.69 Å². The van der Waals surface area contributed by atoms with E-state index in [2.05, 4.69) is 3.73 Å². The zero-order chi connectivity index (χ0) is 9.19. The second-order valence-electron chi connectivity index (χ2n) is 2.13. The van der Waals surface area contributed by atoms with Crippen LogP contribution in [-0.2, 0) is 3.74 Å². The van der Waals surface area contributed by atoms with Crippen molar-refractivity contribution in [1.82, 2.24) is 0 Å². The number of rotatable bonds is 2. The Morgan fingerprint density at radius 2 is 1.85 bits per heavy atom. The SMILES string of the molecule is Nc1ccc(O[As](=O)([O-])O)cc1.[Na+]. The molecule has 0 saturated carbocycles. The molecule has 0 aliphatic heterocycles. The summed E-state index contributed by atoms with van der Waals surface area (Å²) in [6.07, 6.45) is 0. The van der Waals surface area contributed by atoms with E-state index in [1.165, 1.54) is 24.3 Å². The molecule has 1 rings (SSSR count). The maximum absolute atomic E-state index is 10.3. The van der Waals surface area contributed by atoms with E-state index in [1.54, 1.807) is 0 Å². The van der Waals surface area contributed by atoms with Gasteiger partial charge in [0, 0.05) is 0 Å². The van der Waals surface area contributed by atoms with Crippen LogP contribution in [0.4, 0.5) is 5.69 Å². The van der Waals surface area contributed by atoms with E-state index in [4.69, 9.17) is 9.83 Å². The number of anilines is 1. The minimum absolute atomic E-state index is 0. The van der Waals surface area contributed by atoms with Crippen molar-refractivity contribution in [2.45, 2.75) is 0 Å². The molecule has 7 heteroatoms. The van der Waals surface area contributed by atoms with Gasteiger partial charge in [-0.3, -0.25) is 0 Å². The van der Waals surface area contributed by atoms with E-state index >= 15 is 0 Å². The first-order valence-electron chi connectivity index (χ1n) is 3.06. The Morgan fingerprint density at radius 3 is 2.23 bits per heavy atom. The quantitative estimate of drug-likeness (QED) is 0.413. The Kier molecular flexibility index (Phi) is 5.14. The minimum atomic E-state index is -5.27. The molecule has 1 aromatic carbocycles. The Balaban J connectivity index is 0.00000144. The summed E-state index contributed by atoms with van der Waals surface area (Å²) < 4.78 is 33.1. The molecule has 66 valence electrons. The first-order valence-corrected chi connectivity index (χ1v) is 6.20. The van der Waals surface area contributed by atoms with E-state index in [1.807, 2.05) is 0 Å². The maximum atomic E-state index is 10.3. The van der Waals surface area contributed by atoms with Crippen LogP contribution in [-0.4, -0.2) is 18.6 Å². The van der Waals surface area contributed by atoms with Gasteiger partial charge < -0.3 is 0 Å². The van der Waals surface area contributed by atoms with Crippen molar-refractivity contribution in [3.05, 3.63) is 24.3 Å². The topological polar surface area (TPSA) is 95.6 Å². The molecule has 0 bridgehead atoms. The number of nitrogens with two attached hydrogens (primary N) is 1. The summed E-state index contributed by atoms with van der Waals surface area (Å²) >= 11 is -5.27. The van der Waals surface area contributed by atoms with Crippen molar-refractivity contribution >= 4 is 20.2 Å². The summed E-state index contributed by atoms with van der Waals surface area (Å²) in [5.74, 6) is 0.0594. The average Bonchev–Trinajstić information content (AvgIpc) is 1.91. The summed E-state index contributed by atoms with van der Waals surface area (Å²) in [6, 6.07) is 5.66. The summed E-state index contributed by atoms with van der Waals surface area (Å²) in [4.78, 5) is 0. The van der Waals surface area contributed by atoms with Gasteiger partial charge in [0.15, 0.2) is 0 Å². The van der Waals surface area contributed by atoms with Crippen LogP contribution < -0.4 is 43.1 Å². The van der Waals surface area contributed by atoms with E-state index in [-0.39, 0.29) is 35.3 Å². The molecule has 0 heterocycles. The van der Waals surface area contributed by atoms with Crippen molar-refractivity contribution in [1.29, 1.82) is 0 Å². The van der Waals surface area contributed by atoms with Gasteiger partial charge in [0.1, 0.15) is 0 Å². The molecule has 1 unspecified atom stereocenters. The summed E-state index contributed by atoms with van der Waals surface area (Å²) in [6.45, 7) is 0. The van der Waals surface area contributed by atoms with Gasteiger partial charge >= 0.3 is 101 Å². The molecule has 0 aromatic heterocycles. The van der Waals surface area contributed by atoms with Gasteiger partial charge in [0.2, 0.25) is 0 Å². The third-order valence-corrected chi connectivity index (χ3v) is 2.03. The number of nitrogen functional groups attached to an aromatic ring is 1. The largest absolute Gasteiger partial charge is 1.00 e. The van der Waals surface area contributed by atoms with Crippen LogP contribution in [0.15, 0.2) is 24.3 Å². The molecule has 1 atom stereocenters. The van der Waals surface area contributed by atoms with Crippen LogP contribution in [0.3, 0.4) is 0 Å². The molecule has 0 fully saturated rings. The predicted octanol–water partition coefficient (Wildman–Crippen LogP) is -4.13. The number of hydrogen-bond acceptors (Lipinski definition) is 4. The maximum Gasteiger partial charge on any atom is 1.00 e. The normalized spacial score (nSPS) is 14.0. The molecule has 5 nitrogen and oxygen atoms in total. The van der Waals surface area contributed by atoms with Crippen LogP contribution in [0.2, 0.25) is 0 Å². The van der Waals surface area contributed by atoms with Gasteiger partial charge in [-0.2, -0.15) is 0 Å². The second-order valence-corrected chi connectivity index (χ2v) is 4.48. The zero-order valence-electron chi connectivity index (χ0n) is 7.01. The van der Waals surface area contributed by atoms with Gasteiger partial charge in [0.05, 0.1) is 0 Å². The molecule has 0 aliphatic carbocycles. The molecule has 0 saturated heterocycles. The Hall–Kier alpha value is 0.0984. The molecular weight excluding hydrogens is 248 g/mol. The molecule has 0 aliphatic rings. The van der Waals surface area contributed by atoms with Crippen LogP contribution >= 0.6 is 0 Å². The van der Waals surface area contributed by atoms with Gasteiger partial charge in [-0.1, -0.05) is 0 Å². The monoisotopic (exact) mass is 255 g/mol. The average molecular weight is 255 g/mol. The van der Waals surface area contributed by atoms with Gasteiger partial charge in [-0.25, -0.2) is 0 Å².